The van der Waals surface area contributed by atoms with Gasteiger partial charge in [-0.15, -0.1) is 0 Å². The van der Waals surface area contributed by atoms with Crippen LogP contribution in [0.3, 0.4) is 0 Å². The van der Waals surface area contributed by atoms with Crippen LogP contribution in [0, 0.1) is 6.92 Å². The summed E-state index contributed by atoms with van der Waals surface area (Å²) < 4.78 is 7.12. The number of benzene rings is 2. The minimum atomic E-state index is -0.454. The first kappa shape index (κ1) is 20.5. The fourth-order valence-corrected chi connectivity index (χ4v) is 3.42. The second kappa shape index (κ2) is 8.51. The zero-order chi connectivity index (χ0) is 22.0. The lowest BCUT2D eigenvalue weighted by Crippen LogP contribution is -2.26. The summed E-state index contributed by atoms with van der Waals surface area (Å²) in [7, 11) is 0. The van der Waals surface area contributed by atoms with Crippen LogP contribution in [-0.4, -0.2) is 25.6 Å². The molecule has 31 heavy (non-hydrogen) atoms. The zero-order valence-corrected chi connectivity index (χ0v) is 17.6. The molecule has 0 bridgehead atoms. The van der Waals surface area contributed by atoms with Crippen LogP contribution in [0.5, 0.6) is 0 Å². The summed E-state index contributed by atoms with van der Waals surface area (Å²) in [5, 5.41) is 6.92. The zero-order valence-electron chi connectivity index (χ0n) is 17.6. The van der Waals surface area contributed by atoms with E-state index >= 15 is 0 Å². The van der Waals surface area contributed by atoms with Crippen molar-refractivity contribution in [1.29, 1.82) is 0 Å². The number of aryl methyl sites for hydroxylation is 2. The number of nitrogens with zero attached hydrogens (tertiary/aromatic N) is 4. The molecule has 0 aliphatic heterocycles. The molecule has 4 rings (SSSR count). The molecule has 8 heteroatoms. The van der Waals surface area contributed by atoms with Crippen molar-refractivity contribution in [3.8, 4) is 11.4 Å². The second-order valence-electron chi connectivity index (χ2n) is 7.37. The molecule has 0 spiro atoms. The maximum Gasteiger partial charge on any atom is 0.272 e. The molecule has 4 aromatic rings. The molecule has 1 amide bonds. The van der Waals surface area contributed by atoms with E-state index in [0.717, 1.165) is 17.5 Å². The summed E-state index contributed by atoms with van der Waals surface area (Å²) in [6.45, 7) is 6.15. The highest BCUT2D eigenvalue weighted by atomic mass is 16.5. The van der Waals surface area contributed by atoms with Crippen LogP contribution >= 0.6 is 0 Å². The van der Waals surface area contributed by atoms with Gasteiger partial charge < -0.3 is 14.4 Å². The molecule has 0 aliphatic rings. The van der Waals surface area contributed by atoms with Crippen LogP contribution in [0.2, 0.25) is 0 Å². The SMILES string of the molecule is CCCn1c(=O)c(C)nc2cc(-c3noc([C@H](C)NC(=O)c4ccccc4)n3)ccc21. The Labute approximate surface area is 178 Å². The Balaban J connectivity index is 1.60. The fraction of sp³-hybridized carbons (Fsp3) is 0.261. The van der Waals surface area contributed by atoms with Gasteiger partial charge in [-0.05, 0) is 50.6 Å². The van der Waals surface area contributed by atoms with Gasteiger partial charge in [0, 0.05) is 17.7 Å². The van der Waals surface area contributed by atoms with Gasteiger partial charge in [-0.2, -0.15) is 4.98 Å². The number of hydrogen-bond donors (Lipinski definition) is 1. The maximum atomic E-state index is 12.4. The summed E-state index contributed by atoms with van der Waals surface area (Å²) in [6.07, 6.45) is 0.848. The van der Waals surface area contributed by atoms with E-state index in [1.165, 1.54) is 0 Å². The molecular formula is C23H23N5O3. The van der Waals surface area contributed by atoms with Gasteiger partial charge in [0.1, 0.15) is 11.7 Å². The van der Waals surface area contributed by atoms with Gasteiger partial charge >= 0.3 is 0 Å². The number of carbonyl (C=O) groups excluding carboxylic acids is 1. The number of rotatable bonds is 6. The molecule has 0 unspecified atom stereocenters. The monoisotopic (exact) mass is 417 g/mol. The van der Waals surface area contributed by atoms with E-state index in [1.807, 2.05) is 31.2 Å². The largest absolute Gasteiger partial charge is 0.341 e. The average molecular weight is 417 g/mol. The first-order valence-corrected chi connectivity index (χ1v) is 10.2. The quantitative estimate of drug-likeness (QED) is 0.514. The van der Waals surface area contributed by atoms with Gasteiger partial charge in [-0.25, -0.2) is 4.98 Å². The number of fused-ring (bicyclic) bond motifs is 1. The Morgan fingerprint density at radius 3 is 2.68 bits per heavy atom. The molecule has 1 atom stereocenters. The van der Waals surface area contributed by atoms with E-state index in [2.05, 4.69) is 20.4 Å². The maximum absolute atomic E-state index is 12.4. The van der Waals surface area contributed by atoms with Crippen LogP contribution < -0.4 is 10.9 Å². The molecule has 0 saturated carbocycles. The molecule has 2 aromatic heterocycles. The van der Waals surface area contributed by atoms with Crippen molar-refractivity contribution in [3.05, 3.63) is 76.0 Å². The third-order valence-electron chi connectivity index (χ3n) is 5.01. The minimum absolute atomic E-state index is 0.0769. The van der Waals surface area contributed by atoms with Gasteiger partial charge in [0.15, 0.2) is 0 Å². The molecule has 2 aromatic carbocycles. The molecule has 0 radical (unpaired) electrons. The van der Waals surface area contributed by atoms with Crippen LogP contribution in [0.4, 0.5) is 0 Å². The van der Waals surface area contributed by atoms with Gasteiger partial charge in [-0.3, -0.25) is 9.59 Å². The van der Waals surface area contributed by atoms with Gasteiger partial charge in [-0.1, -0.05) is 30.3 Å². The van der Waals surface area contributed by atoms with Crippen molar-refractivity contribution in [2.75, 3.05) is 0 Å². The summed E-state index contributed by atoms with van der Waals surface area (Å²) >= 11 is 0. The third kappa shape index (κ3) is 4.09. The predicted octanol–water partition coefficient (Wildman–Crippen LogP) is 3.66. The molecule has 1 N–H and O–H groups in total. The first-order chi connectivity index (χ1) is 15.0. The highest BCUT2D eigenvalue weighted by molar-refractivity contribution is 5.94. The van der Waals surface area contributed by atoms with Crippen molar-refractivity contribution in [2.45, 2.75) is 39.8 Å². The second-order valence-corrected chi connectivity index (χ2v) is 7.37. The van der Waals surface area contributed by atoms with Crippen LogP contribution in [0.1, 0.15) is 48.3 Å². The van der Waals surface area contributed by atoms with E-state index in [4.69, 9.17) is 4.52 Å². The first-order valence-electron chi connectivity index (χ1n) is 10.2. The molecule has 0 fully saturated rings. The molecule has 0 aliphatic carbocycles. The normalized spacial score (nSPS) is 12.1. The van der Waals surface area contributed by atoms with Crippen molar-refractivity contribution in [1.82, 2.24) is 25.0 Å². The lowest BCUT2D eigenvalue weighted by Gasteiger charge is -2.10. The summed E-state index contributed by atoms with van der Waals surface area (Å²) in [5.74, 6) is 0.483. The minimum Gasteiger partial charge on any atom is -0.341 e. The van der Waals surface area contributed by atoms with Crippen molar-refractivity contribution in [2.24, 2.45) is 0 Å². The lowest BCUT2D eigenvalue weighted by atomic mass is 10.1. The van der Waals surface area contributed by atoms with Crippen LogP contribution in [0.25, 0.3) is 22.4 Å². The molecule has 0 saturated heterocycles. The standard InChI is InChI=1S/C23H23N5O3/c1-4-12-28-19-11-10-17(13-18(19)24-15(3)23(28)30)20-26-22(31-27-20)14(2)25-21(29)16-8-6-5-7-9-16/h5-11,13-14H,4,12H2,1-3H3,(H,25,29)/t14-/m0/s1. The Kier molecular flexibility index (Phi) is 5.62. The average Bonchev–Trinajstić information content (AvgIpc) is 3.27. The Morgan fingerprint density at radius 1 is 1.16 bits per heavy atom. The van der Waals surface area contributed by atoms with Crippen LogP contribution in [0.15, 0.2) is 57.8 Å². The number of hydrogen-bond acceptors (Lipinski definition) is 6. The number of carbonyl (C=O) groups is 1. The molecule has 8 nitrogen and oxygen atoms in total. The highest BCUT2D eigenvalue weighted by Crippen LogP contribution is 2.23. The number of nitrogens with one attached hydrogen (secondary N) is 1. The Bertz CT molecular complexity index is 1290. The highest BCUT2D eigenvalue weighted by Gasteiger charge is 2.19. The summed E-state index contributed by atoms with van der Waals surface area (Å²) in [6, 6.07) is 14.0. The topological polar surface area (TPSA) is 103 Å². The number of amides is 1. The molecular weight excluding hydrogens is 394 g/mol. The van der Waals surface area contributed by atoms with Crippen LogP contribution in [-0.2, 0) is 6.54 Å². The van der Waals surface area contributed by atoms with Gasteiger partial charge in [0.05, 0.1) is 11.0 Å². The van der Waals surface area contributed by atoms with E-state index in [-0.39, 0.29) is 11.5 Å². The van der Waals surface area contributed by atoms with Crippen molar-refractivity contribution >= 4 is 16.9 Å². The van der Waals surface area contributed by atoms with E-state index in [1.54, 1.807) is 42.7 Å². The van der Waals surface area contributed by atoms with Gasteiger partial charge in [0.2, 0.25) is 11.7 Å². The van der Waals surface area contributed by atoms with Crippen molar-refractivity contribution < 1.29 is 9.32 Å². The molecule has 2 heterocycles. The third-order valence-corrected chi connectivity index (χ3v) is 5.01. The number of aromatic nitrogens is 4. The molecule has 158 valence electrons. The summed E-state index contributed by atoms with van der Waals surface area (Å²) in [4.78, 5) is 33.7. The Hall–Kier alpha value is -3.81. The van der Waals surface area contributed by atoms with E-state index in [0.29, 0.717) is 35.0 Å². The van der Waals surface area contributed by atoms with Crippen molar-refractivity contribution in [3.63, 3.8) is 0 Å². The smallest absolute Gasteiger partial charge is 0.272 e. The lowest BCUT2D eigenvalue weighted by molar-refractivity contribution is 0.0932. The van der Waals surface area contributed by atoms with E-state index in [9.17, 15) is 9.59 Å². The Morgan fingerprint density at radius 2 is 1.94 bits per heavy atom. The van der Waals surface area contributed by atoms with Gasteiger partial charge in [0.25, 0.3) is 11.5 Å². The van der Waals surface area contributed by atoms with E-state index < -0.39 is 6.04 Å². The fourth-order valence-electron chi connectivity index (χ4n) is 3.42. The predicted molar refractivity (Wildman–Crippen MR) is 117 cm³/mol. The summed E-state index contributed by atoms with van der Waals surface area (Å²) in [5.41, 5.74) is 3.12.